The summed E-state index contributed by atoms with van der Waals surface area (Å²) in [5.74, 6) is 0.228. The molecule has 0 aliphatic carbocycles. The molecule has 1 N–H and O–H groups in total. The first-order valence-corrected chi connectivity index (χ1v) is 4.51. The molecule has 0 aromatic rings. The Bertz CT molecular complexity index is 184. The van der Waals surface area contributed by atoms with Gasteiger partial charge < -0.3 is 5.32 Å². The second-order valence-corrected chi connectivity index (χ2v) is 3.99. The molecular formula is C6H8Cl3NS. The minimum Gasteiger partial charge on any atom is -0.338 e. The Kier molecular flexibility index (Phi) is 5.44. The largest absolute Gasteiger partial charge is 0.338 e. The minimum atomic E-state index is -0.00494. The van der Waals surface area contributed by atoms with E-state index in [9.17, 15) is 0 Å². The first-order chi connectivity index (χ1) is 4.95. The van der Waals surface area contributed by atoms with Gasteiger partial charge in [-0.05, 0) is 0 Å². The number of halogens is 3. The second-order valence-electron chi connectivity index (χ2n) is 2.22. The van der Waals surface area contributed by atoms with Crippen LogP contribution in [0.2, 0.25) is 0 Å². The van der Waals surface area contributed by atoms with Crippen molar-refractivity contribution >= 4 is 52.0 Å². The number of rotatable bonds is 2. The Morgan fingerprint density at radius 1 is 1.27 bits per heavy atom. The fourth-order valence-corrected chi connectivity index (χ4v) is 0.654. The van der Waals surface area contributed by atoms with Gasteiger partial charge in [0.15, 0.2) is 0 Å². The fourth-order valence-electron chi connectivity index (χ4n) is 0.300. The third kappa shape index (κ3) is 4.86. The zero-order valence-electron chi connectivity index (χ0n) is 6.12. The van der Waals surface area contributed by atoms with E-state index in [1.807, 2.05) is 13.8 Å². The summed E-state index contributed by atoms with van der Waals surface area (Å²) in [7, 11) is 0. The molecule has 1 nitrogen and oxygen atoms in total. The maximum absolute atomic E-state index is 5.57. The molecule has 0 unspecified atom stereocenters. The molecular weight excluding hydrogens is 224 g/mol. The van der Waals surface area contributed by atoms with Crippen molar-refractivity contribution in [3.05, 3.63) is 9.65 Å². The van der Waals surface area contributed by atoms with Gasteiger partial charge in [0.25, 0.3) is 0 Å². The van der Waals surface area contributed by atoms with Gasteiger partial charge in [0.1, 0.15) is 9.65 Å². The van der Waals surface area contributed by atoms with E-state index in [1.165, 1.54) is 0 Å². The summed E-state index contributed by atoms with van der Waals surface area (Å²) in [4.78, 5) is 0.619. The lowest BCUT2D eigenvalue weighted by atomic mass is 10.2. The zero-order chi connectivity index (χ0) is 9.02. The molecule has 0 atom stereocenters. The van der Waals surface area contributed by atoms with E-state index in [1.54, 1.807) is 0 Å². The summed E-state index contributed by atoms with van der Waals surface area (Å²) >= 11 is 21.2. The molecule has 5 heteroatoms. The van der Waals surface area contributed by atoms with Gasteiger partial charge in [0, 0.05) is 5.92 Å². The van der Waals surface area contributed by atoms with Gasteiger partial charge in [-0.25, -0.2) is 0 Å². The van der Waals surface area contributed by atoms with Crippen LogP contribution in [0.1, 0.15) is 13.8 Å². The highest BCUT2D eigenvalue weighted by Gasteiger charge is 2.04. The van der Waals surface area contributed by atoms with E-state index in [-0.39, 0.29) is 15.6 Å². The van der Waals surface area contributed by atoms with Crippen molar-refractivity contribution in [3.63, 3.8) is 0 Å². The number of thiocarbonyl (C=S) groups is 1. The number of nitrogens with one attached hydrogen (secondary N) is 1. The van der Waals surface area contributed by atoms with Gasteiger partial charge in [-0.2, -0.15) is 0 Å². The first kappa shape index (κ1) is 11.5. The second kappa shape index (κ2) is 5.20. The van der Waals surface area contributed by atoms with E-state index in [4.69, 9.17) is 47.0 Å². The normalized spacial score (nSPS) is 9.64. The van der Waals surface area contributed by atoms with Crippen LogP contribution in [0, 0.1) is 5.92 Å². The summed E-state index contributed by atoms with van der Waals surface area (Å²) in [6, 6.07) is 0. The molecule has 11 heavy (non-hydrogen) atoms. The zero-order valence-corrected chi connectivity index (χ0v) is 9.20. The predicted octanol–water partition coefficient (Wildman–Crippen LogP) is 3.40. The lowest BCUT2D eigenvalue weighted by Crippen LogP contribution is -2.23. The molecule has 0 aliphatic heterocycles. The highest BCUT2D eigenvalue weighted by molar-refractivity contribution is 7.80. The Morgan fingerprint density at radius 3 is 2.00 bits per heavy atom. The summed E-state index contributed by atoms with van der Waals surface area (Å²) in [5.41, 5.74) is 0. The summed E-state index contributed by atoms with van der Waals surface area (Å²) in [5, 5.41) is 2.86. The topological polar surface area (TPSA) is 12.0 Å². The third-order valence-electron chi connectivity index (χ3n) is 0.923. The van der Waals surface area contributed by atoms with Crippen LogP contribution in [0.25, 0.3) is 0 Å². The van der Waals surface area contributed by atoms with Crippen LogP contribution in [0.3, 0.4) is 0 Å². The van der Waals surface area contributed by atoms with Crippen LogP contribution in [0.15, 0.2) is 9.65 Å². The molecule has 0 aliphatic rings. The predicted molar refractivity (Wildman–Crippen MR) is 55.2 cm³/mol. The minimum absolute atomic E-state index is 0.00494. The van der Waals surface area contributed by atoms with Crippen molar-refractivity contribution < 1.29 is 0 Å². The Balaban J connectivity index is 4.07. The van der Waals surface area contributed by atoms with Gasteiger partial charge >= 0.3 is 0 Å². The molecule has 0 amide bonds. The molecule has 64 valence electrons. The average molecular weight is 233 g/mol. The van der Waals surface area contributed by atoms with Crippen LogP contribution in [0.4, 0.5) is 0 Å². The summed E-state index contributed by atoms with van der Waals surface area (Å²) in [6.45, 7) is 3.89. The van der Waals surface area contributed by atoms with Crippen molar-refractivity contribution in [2.45, 2.75) is 13.8 Å². The first-order valence-electron chi connectivity index (χ1n) is 2.96. The van der Waals surface area contributed by atoms with Crippen LogP contribution in [-0.4, -0.2) is 4.99 Å². The molecule has 0 bridgehead atoms. The van der Waals surface area contributed by atoms with Crippen molar-refractivity contribution in [3.8, 4) is 0 Å². The van der Waals surface area contributed by atoms with Crippen LogP contribution in [0.5, 0.6) is 0 Å². The van der Waals surface area contributed by atoms with Crippen molar-refractivity contribution in [2.75, 3.05) is 0 Å². The molecule has 0 rings (SSSR count). The van der Waals surface area contributed by atoms with Gasteiger partial charge in [0.05, 0.1) is 4.99 Å². The molecule has 0 aromatic heterocycles. The summed E-state index contributed by atoms with van der Waals surface area (Å²) in [6.07, 6.45) is 0. The van der Waals surface area contributed by atoms with Gasteiger partial charge in [-0.1, -0.05) is 60.9 Å². The van der Waals surface area contributed by atoms with E-state index in [0.29, 0.717) is 4.99 Å². The SMILES string of the molecule is CC(C)C(=S)NC(Cl)=C(Cl)Cl. The van der Waals surface area contributed by atoms with Crippen molar-refractivity contribution in [2.24, 2.45) is 5.92 Å². The molecule has 0 saturated heterocycles. The fraction of sp³-hybridized carbons (Fsp3) is 0.500. The lowest BCUT2D eigenvalue weighted by molar-refractivity contribution is 0.867. The van der Waals surface area contributed by atoms with Crippen molar-refractivity contribution in [1.29, 1.82) is 0 Å². The Morgan fingerprint density at radius 2 is 1.73 bits per heavy atom. The molecule has 0 aromatic carbocycles. The molecule has 0 saturated carbocycles. The van der Waals surface area contributed by atoms with E-state index >= 15 is 0 Å². The smallest absolute Gasteiger partial charge is 0.142 e. The van der Waals surface area contributed by atoms with E-state index in [2.05, 4.69) is 5.32 Å². The van der Waals surface area contributed by atoms with E-state index in [0.717, 1.165) is 0 Å². The maximum atomic E-state index is 5.57. The van der Waals surface area contributed by atoms with Gasteiger partial charge in [0.2, 0.25) is 0 Å². The van der Waals surface area contributed by atoms with Gasteiger partial charge in [-0.3, -0.25) is 0 Å². The standard InChI is InChI=1S/C6H8Cl3NS/c1-3(2)6(11)10-5(9)4(7)8/h3H,1-2H3,(H,10,11). The lowest BCUT2D eigenvalue weighted by Gasteiger charge is -2.08. The highest BCUT2D eigenvalue weighted by Crippen LogP contribution is 2.15. The maximum Gasteiger partial charge on any atom is 0.142 e. The van der Waals surface area contributed by atoms with Crippen LogP contribution >= 0.6 is 47.0 Å². The monoisotopic (exact) mass is 231 g/mol. The van der Waals surface area contributed by atoms with Gasteiger partial charge in [-0.15, -0.1) is 0 Å². The van der Waals surface area contributed by atoms with Crippen LogP contribution in [-0.2, 0) is 0 Å². The molecule has 0 radical (unpaired) electrons. The van der Waals surface area contributed by atoms with Crippen LogP contribution < -0.4 is 5.32 Å². The van der Waals surface area contributed by atoms with E-state index < -0.39 is 0 Å². The number of hydrogen-bond donors (Lipinski definition) is 1. The molecule has 0 fully saturated rings. The molecule has 0 heterocycles. The number of hydrogen-bond acceptors (Lipinski definition) is 1. The van der Waals surface area contributed by atoms with Crippen molar-refractivity contribution in [1.82, 2.24) is 5.32 Å². The summed E-state index contributed by atoms with van der Waals surface area (Å²) < 4.78 is -0.00494. The Hall–Kier alpha value is 0.500. The Labute approximate surface area is 86.7 Å². The quantitative estimate of drug-likeness (QED) is 0.578. The molecule has 0 spiro atoms. The third-order valence-corrected chi connectivity index (χ3v) is 2.35. The highest BCUT2D eigenvalue weighted by atomic mass is 35.5. The average Bonchev–Trinajstić information content (AvgIpc) is 1.87.